The number of halogens is 2. The SMILES string of the molecule is CC12CCC(C(=O)Nc3ccccc3)(CC1=NOC(=O)c1ccc(Cl)cc1Cl)C2(C)C. The summed E-state index contributed by atoms with van der Waals surface area (Å²) in [5.41, 5.74) is 0.346. The first-order valence-electron chi connectivity index (χ1n) is 10.2. The molecule has 0 spiro atoms. The van der Waals surface area contributed by atoms with Crippen molar-refractivity contribution in [1.29, 1.82) is 0 Å². The van der Waals surface area contributed by atoms with Gasteiger partial charge in [0.2, 0.25) is 5.91 Å². The fraction of sp³-hybridized carbons (Fsp3) is 0.375. The highest BCUT2D eigenvalue weighted by Gasteiger charge is 2.71. The Bertz CT molecular complexity index is 1080. The monoisotopic (exact) mass is 458 g/mol. The van der Waals surface area contributed by atoms with E-state index in [0.717, 1.165) is 24.2 Å². The molecule has 31 heavy (non-hydrogen) atoms. The smallest absolute Gasteiger partial charge is 0.326 e. The van der Waals surface area contributed by atoms with E-state index in [1.165, 1.54) is 12.1 Å². The fourth-order valence-corrected chi connectivity index (χ4v) is 5.58. The van der Waals surface area contributed by atoms with Gasteiger partial charge in [0.15, 0.2) is 0 Å². The standard InChI is InChI=1S/C24H24Cl2N2O3/c1-22(2)23(3)11-12-24(22,21(30)27-16-7-5-4-6-8-16)14-19(23)28-31-20(29)17-10-9-15(25)13-18(17)26/h4-10,13H,11-12,14H2,1-3H3,(H,27,30). The number of nitrogens with one attached hydrogen (secondary N) is 1. The van der Waals surface area contributed by atoms with E-state index < -0.39 is 11.4 Å². The van der Waals surface area contributed by atoms with Gasteiger partial charge in [-0.1, -0.05) is 67.3 Å². The molecule has 0 heterocycles. The Balaban J connectivity index is 1.59. The summed E-state index contributed by atoms with van der Waals surface area (Å²) in [7, 11) is 0. The fourth-order valence-electron chi connectivity index (χ4n) is 5.10. The lowest BCUT2D eigenvalue weighted by atomic mass is 9.64. The number of hydrogen-bond donors (Lipinski definition) is 1. The number of amides is 1. The molecule has 4 rings (SSSR count). The number of para-hydroxylation sites is 1. The molecule has 2 unspecified atom stereocenters. The first-order chi connectivity index (χ1) is 14.6. The van der Waals surface area contributed by atoms with Crippen LogP contribution >= 0.6 is 23.2 Å². The van der Waals surface area contributed by atoms with Crippen LogP contribution in [0.2, 0.25) is 10.0 Å². The van der Waals surface area contributed by atoms with Crippen molar-refractivity contribution >= 4 is 46.5 Å². The third-order valence-electron chi connectivity index (χ3n) is 7.59. The Morgan fingerprint density at radius 3 is 2.42 bits per heavy atom. The molecule has 0 aromatic heterocycles. The first kappa shape index (κ1) is 21.8. The summed E-state index contributed by atoms with van der Waals surface area (Å²) in [6.45, 7) is 6.30. The van der Waals surface area contributed by atoms with Crippen molar-refractivity contribution in [1.82, 2.24) is 0 Å². The third kappa shape index (κ3) is 3.35. The van der Waals surface area contributed by atoms with Gasteiger partial charge in [0.25, 0.3) is 0 Å². The molecule has 2 saturated carbocycles. The van der Waals surface area contributed by atoms with Gasteiger partial charge >= 0.3 is 5.97 Å². The number of fused-ring (bicyclic) bond motifs is 2. The summed E-state index contributed by atoms with van der Waals surface area (Å²) < 4.78 is 0. The van der Waals surface area contributed by atoms with E-state index in [0.29, 0.717) is 11.4 Å². The van der Waals surface area contributed by atoms with Crippen LogP contribution in [0.3, 0.4) is 0 Å². The number of hydrogen-bond acceptors (Lipinski definition) is 4. The quantitative estimate of drug-likeness (QED) is 0.427. The van der Waals surface area contributed by atoms with Gasteiger partial charge in [-0.05, 0) is 48.6 Å². The molecule has 2 bridgehead atoms. The number of anilines is 1. The highest BCUT2D eigenvalue weighted by atomic mass is 35.5. The van der Waals surface area contributed by atoms with Gasteiger partial charge in [-0.3, -0.25) is 4.79 Å². The van der Waals surface area contributed by atoms with Crippen LogP contribution in [0.15, 0.2) is 53.7 Å². The topological polar surface area (TPSA) is 67.8 Å². The maximum absolute atomic E-state index is 13.4. The van der Waals surface area contributed by atoms with Crippen molar-refractivity contribution in [2.45, 2.75) is 40.0 Å². The number of carbonyl (C=O) groups is 2. The van der Waals surface area contributed by atoms with E-state index in [9.17, 15) is 9.59 Å². The minimum Gasteiger partial charge on any atom is -0.326 e. The van der Waals surface area contributed by atoms with E-state index in [4.69, 9.17) is 28.0 Å². The molecule has 0 saturated heterocycles. The number of nitrogens with zero attached hydrogens (tertiary/aromatic N) is 1. The molecule has 1 N–H and O–H groups in total. The first-order valence-corrected chi connectivity index (χ1v) is 11.0. The average Bonchev–Trinajstić information content (AvgIpc) is 3.03. The molecule has 0 radical (unpaired) electrons. The zero-order valence-corrected chi connectivity index (χ0v) is 19.2. The highest BCUT2D eigenvalue weighted by Crippen LogP contribution is 2.71. The number of benzene rings is 2. The number of oxime groups is 1. The molecule has 5 nitrogen and oxygen atoms in total. The molecule has 2 atom stereocenters. The second-order valence-corrected chi connectivity index (χ2v) is 9.92. The maximum atomic E-state index is 13.4. The lowest BCUT2D eigenvalue weighted by Gasteiger charge is -2.39. The van der Waals surface area contributed by atoms with Gasteiger partial charge in [0, 0.05) is 22.5 Å². The zero-order valence-electron chi connectivity index (χ0n) is 17.7. The van der Waals surface area contributed by atoms with Crippen molar-refractivity contribution in [3.05, 3.63) is 64.1 Å². The molecule has 2 aliphatic carbocycles. The van der Waals surface area contributed by atoms with E-state index in [1.807, 2.05) is 30.3 Å². The van der Waals surface area contributed by atoms with Crippen molar-refractivity contribution < 1.29 is 14.4 Å². The molecule has 0 aliphatic heterocycles. The largest absolute Gasteiger partial charge is 0.367 e. The minimum absolute atomic E-state index is 0.0234. The Hall–Kier alpha value is -2.37. The van der Waals surface area contributed by atoms with Crippen molar-refractivity contribution in [2.24, 2.45) is 21.4 Å². The molecule has 162 valence electrons. The maximum Gasteiger partial charge on any atom is 0.367 e. The Morgan fingerprint density at radius 1 is 1.03 bits per heavy atom. The van der Waals surface area contributed by atoms with E-state index in [2.05, 4.69) is 31.2 Å². The lowest BCUT2D eigenvalue weighted by molar-refractivity contribution is -0.130. The molecule has 7 heteroatoms. The van der Waals surface area contributed by atoms with E-state index in [1.54, 1.807) is 6.07 Å². The second-order valence-electron chi connectivity index (χ2n) is 9.08. The summed E-state index contributed by atoms with van der Waals surface area (Å²) in [4.78, 5) is 31.2. The van der Waals surface area contributed by atoms with Gasteiger partial charge < -0.3 is 10.2 Å². The van der Waals surface area contributed by atoms with Crippen LogP contribution in [-0.4, -0.2) is 17.6 Å². The van der Waals surface area contributed by atoms with Gasteiger partial charge in [-0.2, -0.15) is 0 Å². The molecule has 2 aromatic carbocycles. The normalized spacial score (nSPS) is 27.3. The molecule has 2 fully saturated rings. The molecule has 1 amide bonds. The van der Waals surface area contributed by atoms with E-state index in [-0.39, 0.29) is 27.3 Å². The summed E-state index contributed by atoms with van der Waals surface area (Å²) in [6.07, 6.45) is 1.99. The second kappa shape index (κ2) is 7.64. The van der Waals surface area contributed by atoms with Crippen molar-refractivity contribution in [3.8, 4) is 0 Å². The summed E-state index contributed by atoms with van der Waals surface area (Å²) >= 11 is 12.0. The van der Waals surface area contributed by atoms with Crippen LogP contribution < -0.4 is 5.32 Å². The van der Waals surface area contributed by atoms with Gasteiger partial charge in [0.05, 0.1) is 21.7 Å². The molecular weight excluding hydrogens is 435 g/mol. The van der Waals surface area contributed by atoms with Crippen LogP contribution in [0.5, 0.6) is 0 Å². The lowest BCUT2D eigenvalue weighted by Crippen LogP contribution is -2.43. The van der Waals surface area contributed by atoms with Gasteiger partial charge in [-0.15, -0.1) is 0 Å². The van der Waals surface area contributed by atoms with Crippen LogP contribution in [0.1, 0.15) is 50.4 Å². The molecule has 2 aromatic rings. The number of rotatable bonds is 4. The predicted molar refractivity (Wildman–Crippen MR) is 123 cm³/mol. The van der Waals surface area contributed by atoms with Gasteiger partial charge in [0.1, 0.15) is 0 Å². The van der Waals surface area contributed by atoms with Gasteiger partial charge in [-0.25, -0.2) is 4.79 Å². The molecule has 2 aliphatic rings. The van der Waals surface area contributed by atoms with Crippen LogP contribution in [0, 0.1) is 16.2 Å². The number of carbonyl (C=O) groups excluding carboxylic acids is 2. The van der Waals surface area contributed by atoms with Crippen LogP contribution in [0.4, 0.5) is 5.69 Å². The summed E-state index contributed by atoms with van der Waals surface area (Å²) in [6, 6.07) is 14.0. The Morgan fingerprint density at radius 2 is 1.74 bits per heavy atom. The van der Waals surface area contributed by atoms with Crippen molar-refractivity contribution in [3.63, 3.8) is 0 Å². The average molecular weight is 459 g/mol. The summed E-state index contributed by atoms with van der Waals surface area (Å²) in [5.74, 6) is -0.675. The van der Waals surface area contributed by atoms with E-state index >= 15 is 0 Å². The highest BCUT2D eigenvalue weighted by molar-refractivity contribution is 6.36. The Kier molecular flexibility index (Phi) is 5.39. The van der Waals surface area contributed by atoms with Crippen molar-refractivity contribution in [2.75, 3.05) is 5.32 Å². The predicted octanol–water partition coefficient (Wildman–Crippen LogP) is 6.36. The zero-order chi connectivity index (χ0) is 22.4. The Labute approximate surface area is 191 Å². The molecular formula is C24H24Cl2N2O3. The third-order valence-corrected chi connectivity index (χ3v) is 8.14. The minimum atomic E-state index is -0.652. The summed E-state index contributed by atoms with van der Waals surface area (Å²) in [5, 5.41) is 7.95. The van der Waals surface area contributed by atoms with Crippen LogP contribution in [0.25, 0.3) is 0 Å². The van der Waals surface area contributed by atoms with Crippen LogP contribution in [-0.2, 0) is 9.63 Å².